The number of carbonyl (C=O) groups excluding carboxylic acids is 2. The summed E-state index contributed by atoms with van der Waals surface area (Å²) in [6, 6.07) is 5.93. The average molecular weight is 319 g/mol. The molecule has 2 amide bonds. The lowest BCUT2D eigenvalue weighted by molar-refractivity contribution is 0.0880. The summed E-state index contributed by atoms with van der Waals surface area (Å²) in [5.41, 5.74) is 6.44. The van der Waals surface area contributed by atoms with Crippen molar-refractivity contribution >= 4 is 34.9 Å². The zero-order valence-corrected chi connectivity index (χ0v) is 12.2. The van der Waals surface area contributed by atoms with Gasteiger partial charge in [0.15, 0.2) is 0 Å². The van der Waals surface area contributed by atoms with Crippen molar-refractivity contribution in [3.8, 4) is 5.69 Å². The Kier molecular flexibility index (Phi) is 3.14. The van der Waals surface area contributed by atoms with Gasteiger partial charge in [0.2, 0.25) is 0 Å². The minimum absolute atomic E-state index is 0.00148. The van der Waals surface area contributed by atoms with Gasteiger partial charge < -0.3 is 11.1 Å². The van der Waals surface area contributed by atoms with Gasteiger partial charge in [-0.05, 0) is 18.2 Å². The lowest BCUT2D eigenvalue weighted by Crippen LogP contribution is -2.24. The number of halogens is 1. The zero-order valence-electron chi connectivity index (χ0n) is 11.4. The molecule has 2 heterocycles. The molecular formula is C14H11ClN4O3. The van der Waals surface area contributed by atoms with Gasteiger partial charge in [-0.2, -0.15) is 0 Å². The first-order chi connectivity index (χ1) is 10.4. The Bertz CT molecular complexity index is 888. The monoisotopic (exact) mass is 318 g/mol. The van der Waals surface area contributed by atoms with Crippen LogP contribution in [0.5, 0.6) is 0 Å². The molecule has 7 nitrogen and oxygen atoms in total. The Labute approximate surface area is 129 Å². The predicted molar refractivity (Wildman–Crippen MR) is 82.8 cm³/mol. The summed E-state index contributed by atoms with van der Waals surface area (Å²) >= 11 is 5.93. The Morgan fingerprint density at radius 2 is 1.91 bits per heavy atom. The number of nitrogen functional groups attached to an aromatic ring is 1. The van der Waals surface area contributed by atoms with E-state index in [0.717, 1.165) is 6.07 Å². The van der Waals surface area contributed by atoms with Crippen LogP contribution in [0.4, 0.5) is 11.5 Å². The lowest BCUT2D eigenvalue weighted by atomic mass is 10.1. The number of nitrogens with two attached hydrogens (primary N) is 1. The van der Waals surface area contributed by atoms with Crippen molar-refractivity contribution in [1.82, 2.24) is 9.88 Å². The van der Waals surface area contributed by atoms with Crippen LogP contribution < -0.4 is 21.9 Å². The first-order valence-corrected chi connectivity index (χ1v) is 6.70. The van der Waals surface area contributed by atoms with Crippen LogP contribution in [0.25, 0.3) is 5.69 Å². The summed E-state index contributed by atoms with van der Waals surface area (Å²) in [7, 11) is 1.67. The smallest absolute Gasteiger partial charge is 0.262 e. The van der Waals surface area contributed by atoms with Gasteiger partial charge in [-0.25, -0.2) is 0 Å². The fourth-order valence-corrected chi connectivity index (χ4v) is 2.60. The second-order valence-electron chi connectivity index (χ2n) is 4.69. The molecule has 0 spiro atoms. The molecule has 22 heavy (non-hydrogen) atoms. The van der Waals surface area contributed by atoms with E-state index in [2.05, 4.69) is 10.6 Å². The van der Waals surface area contributed by atoms with Gasteiger partial charge in [0.05, 0.1) is 22.5 Å². The molecule has 0 fully saturated rings. The second-order valence-corrected chi connectivity index (χ2v) is 5.12. The number of imide groups is 1. The summed E-state index contributed by atoms with van der Waals surface area (Å²) in [5.74, 6) is -1.34. The molecule has 4 N–H and O–H groups in total. The molecule has 1 aliphatic rings. The Hall–Kier alpha value is -2.80. The number of anilines is 2. The Morgan fingerprint density at radius 1 is 1.18 bits per heavy atom. The molecule has 8 heteroatoms. The van der Waals surface area contributed by atoms with Crippen LogP contribution in [0.1, 0.15) is 20.7 Å². The summed E-state index contributed by atoms with van der Waals surface area (Å²) < 4.78 is 1.17. The minimum atomic E-state index is -0.624. The third-order valence-corrected chi connectivity index (χ3v) is 3.66. The average Bonchev–Trinajstić information content (AvgIpc) is 2.75. The normalized spacial score (nSPS) is 13.0. The number of nitrogens with zero attached hydrogens (tertiary/aromatic N) is 1. The van der Waals surface area contributed by atoms with Crippen molar-refractivity contribution in [2.24, 2.45) is 0 Å². The summed E-state index contributed by atoms with van der Waals surface area (Å²) in [6.07, 6.45) is 0. The van der Waals surface area contributed by atoms with Crippen LogP contribution in [0.15, 0.2) is 29.1 Å². The highest BCUT2D eigenvalue weighted by Gasteiger charge is 2.32. The summed E-state index contributed by atoms with van der Waals surface area (Å²) in [5, 5.41) is 5.51. The highest BCUT2D eigenvalue weighted by Crippen LogP contribution is 2.28. The van der Waals surface area contributed by atoms with Crippen LogP contribution in [-0.4, -0.2) is 23.4 Å². The molecule has 1 aromatic heterocycles. The molecule has 0 aliphatic carbocycles. The zero-order chi connectivity index (χ0) is 16.0. The third kappa shape index (κ3) is 1.94. The van der Waals surface area contributed by atoms with E-state index in [9.17, 15) is 14.4 Å². The summed E-state index contributed by atoms with van der Waals surface area (Å²) in [4.78, 5) is 35.8. The number of aromatic nitrogens is 1. The second kappa shape index (κ2) is 4.88. The first kappa shape index (κ1) is 14.2. The van der Waals surface area contributed by atoms with E-state index in [1.54, 1.807) is 25.2 Å². The number of hydrogen-bond donors (Lipinski definition) is 3. The molecule has 0 bridgehead atoms. The van der Waals surface area contributed by atoms with Crippen molar-refractivity contribution in [3.63, 3.8) is 0 Å². The van der Waals surface area contributed by atoms with Crippen LogP contribution >= 0.6 is 11.6 Å². The van der Waals surface area contributed by atoms with Gasteiger partial charge in [-0.3, -0.25) is 24.3 Å². The van der Waals surface area contributed by atoms with E-state index < -0.39 is 17.4 Å². The maximum Gasteiger partial charge on any atom is 0.262 e. The minimum Gasteiger partial charge on any atom is -0.386 e. The number of hydrogen-bond acceptors (Lipinski definition) is 5. The van der Waals surface area contributed by atoms with Crippen LogP contribution in [0.3, 0.4) is 0 Å². The van der Waals surface area contributed by atoms with Crippen LogP contribution in [-0.2, 0) is 0 Å². The largest absolute Gasteiger partial charge is 0.386 e. The van der Waals surface area contributed by atoms with E-state index >= 15 is 0 Å². The predicted octanol–water partition coefficient (Wildman–Crippen LogP) is 0.998. The fourth-order valence-electron chi connectivity index (χ4n) is 2.43. The van der Waals surface area contributed by atoms with E-state index in [0.29, 0.717) is 16.4 Å². The maximum absolute atomic E-state index is 12.3. The van der Waals surface area contributed by atoms with E-state index in [4.69, 9.17) is 17.3 Å². The Morgan fingerprint density at radius 3 is 2.59 bits per heavy atom. The molecule has 1 aromatic carbocycles. The SMILES string of the molecule is CNc1cc(Cl)ccc1-n1c(N)c2c(cc1=O)C(=O)NC2=O. The standard InChI is InChI=1S/C14H11ClN4O3/c1-17-8-4-6(15)2-3-9(8)19-10(20)5-7-11(12(19)16)14(22)18-13(7)21/h2-5,17H,16H2,1H3,(H,18,21,22). The van der Waals surface area contributed by atoms with Crippen molar-refractivity contribution in [2.75, 3.05) is 18.1 Å². The molecule has 3 rings (SSSR count). The molecule has 0 unspecified atom stereocenters. The van der Waals surface area contributed by atoms with Gasteiger partial charge in [0, 0.05) is 18.1 Å². The van der Waals surface area contributed by atoms with Crippen molar-refractivity contribution in [3.05, 3.63) is 50.8 Å². The van der Waals surface area contributed by atoms with E-state index in [1.165, 1.54) is 4.57 Å². The number of fused-ring (bicyclic) bond motifs is 1. The topological polar surface area (TPSA) is 106 Å². The van der Waals surface area contributed by atoms with Gasteiger partial charge in [-0.1, -0.05) is 11.6 Å². The quantitative estimate of drug-likeness (QED) is 0.716. The van der Waals surface area contributed by atoms with Gasteiger partial charge in [0.1, 0.15) is 5.82 Å². The molecule has 0 radical (unpaired) electrons. The first-order valence-electron chi connectivity index (χ1n) is 6.33. The van der Waals surface area contributed by atoms with Gasteiger partial charge in [-0.15, -0.1) is 0 Å². The maximum atomic E-state index is 12.3. The molecule has 0 saturated carbocycles. The number of amides is 2. The van der Waals surface area contributed by atoms with Crippen molar-refractivity contribution < 1.29 is 9.59 Å². The van der Waals surface area contributed by atoms with E-state index in [-0.39, 0.29) is 16.9 Å². The van der Waals surface area contributed by atoms with Crippen LogP contribution in [0, 0.1) is 0 Å². The number of benzene rings is 1. The molecule has 0 saturated heterocycles. The number of pyridine rings is 1. The third-order valence-electron chi connectivity index (χ3n) is 3.42. The molecule has 2 aromatic rings. The molecule has 112 valence electrons. The van der Waals surface area contributed by atoms with Gasteiger partial charge in [0.25, 0.3) is 17.4 Å². The molecular weight excluding hydrogens is 308 g/mol. The molecule has 1 aliphatic heterocycles. The molecule has 0 atom stereocenters. The van der Waals surface area contributed by atoms with Crippen molar-refractivity contribution in [2.45, 2.75) is 0 Å². The highest BCUT2D eigenvalue weighted by atomic mass is 35.5. The number of rotatable bonds is 2. The van der Waals surface area contributed by atoms with Gasteiger partial charge >= 0.3 is 0 Å². The Balaban J connectivity index is 2.35. The van der Waals surface area contributed by atoms with E-state index in [1.807, 2.05) is 0 Å². The van der Waals surface area contributed by atoms with Crippen LogP contribution in [0.2, 0.25) is 5.02 Å². The number of carbonyl (C=O) groups is 2. The van der Waals surface area contributed by atoms with Crippen molar-refractivity contribution in [1.29, 1.82) is 0 Å². The fraction of sp³-hybridized carbons (Fsp3) is 0.0714. The lowest BCUT2D eigenvalue weighted by Gasteiger charge is -2.15. The highest BCUT2D eigenvalue weighted by molar-refractivity contribution is 6.31. The summed E-state index contributed by atoms with van der Waals surface area (Å²) in [6.45, 7) is 0. The number of nitrogens with one attached hydrogen (secondary N) is 2.